The lowest BCUT2D eigenvalue weighted by Gasteiger charge is -2.36. The summed E-state index contributed by atoms with van der Waals surface area (Å²) >= 11 is 0. The molecule has 226 valence electrons. The summed E-state index contributed by atoms with van der Waals surface area (Å²) < 4.78 is 60.8. The van der Waals surface area contributed by atoms with Crippen molar-refractivity contribution in [3.63, 3.8) is 0 Å². The Labute approximate surface area is 247 Å². The number of ether oxygens (including phenoxy) is 3. The van der Waals surface area contributed by atoms with Crippen molar-refractivity contribution in [2.75, 3.05) is 40.0 Å². The summed E-state index contributed by atoms with van der Waals surface area (Å²) in [7, 11) is -2.39. The maximum absolute atomic E-state index is 13.2. The Morgan fingerprint density at radius 3 is 2.33 bits per heavy atom. The number of para-hydroxylation sites is 1. The molecule has 1 atom stereocenters. The zero-order valence-electron chi connectivity index (χ0n) is 24.3. The topological polar surface area (TPSA) is 91.4 Å². The van der Waals surface area contributed by atoms with E-state index in [0.29, 0.717) is 17.1 Å². The molecule has 0 aliphatic carbocycles. The van der Waals surface area contributed by atoms with Crippen LogP contribution in [0.2, 0.25) is 0 Å². The van der Waals surface area contributed by atoms with Gasteiger partial charge in [-0.3, -0.25) is 8.98 Å². The zero-order valence-corrected chi connectivity index (χ0v) is 25.1. The number of piperidine rings is 1. The highest BCUT2D eigenvalue weighted by Crippen LogP contribution is 2.42. The molecule has 1 heterocycles. The van der Waals surface area contributed by atoms with Gasteiger partial charge in [-0.1, -0.05) is 42.0 Å². The van der Waals surface area contributed by atoms with Gasteiger partial charge in [0.25, 0.3) is 10.1 Å². The fraction of sp³-hybridized carbons (Fsp3) is 0.406. The van der Waals surface area contributed by atoms with Gasteiger partial charge >= 0.3 is 5.97 Å². The first kappa shape index (κ1) is 31.5. The maximum Gasteiger partial charge on any atom is 0.303 e. The third-order valence-corrected chi connectivity index (χ3v) is 8.72. The zero-order chi connectivity index (χ0) is 30.1. The normalized spacial score (nSPS) is 15.2. The van der Waals surface area contributed by atoms with E-state index < -0.39 is 16.2 Å². The highest BCUT2D eigenvalue weighted by Gasteiger charge is 2.33. The van der Waals surface area contributed by atoms with Crippen molar-refractivity contribution >= 4 is 16.1 Å². The molecule has 0 bridgehead atoms. The van der Waals surface area contributed by atoms with E-state index in [1.807, 2.05) is 25.1 Å². The minimum absolute atomic E-state index is 0.0322. The molecule has 3 aromatic rings. The van der Waals surface area contributed by atoms with Crippen LogP contribution in [-0.2, 0) is 30.3 Å². The van der Waals surface area contributed by atoms with Crippen molar-refractivity contribution in [2.24, 2.45) is 5.92 Å². The van der Waals surface area contributed by atoms with Crippen LogP contribution in [0.15, 0.2) is 71.6 Å². The number of rotatable bonds is 13. The quantitative estimate of drug-likeness (QED) is 0.145. The highest BCUT2D eigenvalue weighted by atomic mass is 32.2. The Morgan fingerprint density at radius 2 is 1.69 bits per heavy atom. The van der Waals surface area contributed by atoms with Crippen LogP contribution in [0.4, 0.5) is 4.39 Å². The van der Waals surface area contributed by atoms with E-state index in [4.69, 9.17) is 18.4 Å². The number of likely N-dealkylation sites (tertiary alicyclic amines) is 1. The van der Waals surface area contributed by atoms with Gasteiger partial charge in [-0.05, 0) is 75.2 Å². The van der Waals surface area contributed by atoms with Crippen molar-refractivity contribution in [1.82, 2.24) is 4.90 Å². The molecule has 10 heteroatoms. The first-order valence-electron chi connectivity index (χ1n) is 14.1. The molecule has 8 nitrogen and oxygen atoms in total. The largest absolute Gasteiger partial charge is 0.492 e. The third kappa shape index (κ3) is 8.53. The lowest BCUT2D eigenvalue weighted by Crippen LogP contribution is -2.37. The third-order valence-electron chi connectivity index (χ3n) is 7.39. The molecule has 0 radical (unpaired) electrons. The second-order valence-electron chi connectivity index (χ2n) is 10.4. The van der Waals surface area contributed by atoms with Crippen LogP contribution in [0.1, 0.15) is 42.6 Å². The van der Waals surface area contributed by atoms with Gasteiger partial charge in [0.15, 0.2) is 11.5 Å². The van der Waals surface area contributed by atoms with Crippen LogP contribution in [0.5, 0.6) is 11.5 Å². The van der Waals surface area contributed by atoms with Crippen LogP contribution in [-0.4, -0.2) is 59.2 Å². The van der Waals surface area contributed by atoms with E-state index in [-0.39, 0.29) is 35.8 Å². The summed E-state index contributed by atoms with van der Waals surface area (Å²) in [6.45, 7) is 5.60. The van der Waals surface area contributed by atoms with Gasteiger partial charge in [-0.2, -0.15) is 8.42 Å². The number of methoxy groups -OCH3 is 1. The van der Waals surface area contributed by atoms with Gasteiger partial charge in [0.2, 0.25) is 0 Å². The summed E-state index contributed by atoms with van der Waals surface area (Å²) in [5, 5.41) is 0. The number of aryl methyl sites for hydroxylation is 1. The fourth-order valence-electron chi connectivity index (χ4n) is 5.17. The fourth-order valence-corrected chi connectivity index (χ4v) is 6.06. The second-order valence-corrected chi connectivity index (χ2v) is 12.0. The number of hydrogen-bond acceptors (Lipinski definition) is 8. The number of halogens is 1. The van der Waals surface area contributed by atoms with Crippen LogP contribution in [0.25, 0.3) is 0 Å². The average molecular weight is 600 g/mol. The number of benzene rings is 3. The number of carbonyl (C=O) groups is 1. The monoisotopic (exact) mass is 599 g/mol. The van der Waals surface area contributed by atoms with Crippen molar-refractivity contribution in [1.29, 1.82) is 0 Å². The lowest BCUT2D eigenvalue weighted by atomic mass is 9.86. The second kappa shape index (κ2) is 14.6. The average Bonchev–Trinajstić information content (AvgIpc) is 2.98. The molecule has 0 aromatic heterocycles. The van der Waals surface area contributed by atoms with Crippen molar-refractivity contribution in [2.45, 2.75) is 44.1 Å². The summed E-state index contributed by atoms with van der Waals surface area (Å²) in [4.78, 5) is 14.6. The highest BCUT2D eigenvalue weighted by molar-refractivity contribution is 7.86. The number of nitrogens with zero attached hydrogens (tertiary/aromatic N) is 1. The van der Waals surface area contributed by atoms with E-state index in [9.17, 15) is 17.6 Å². The predicted molar refractivity (Wildman–Crippen MR) is 157 cm³/mol. The minimum atomic E-state index is -3.91. The van der Waals surface area contributed by atoms with E-state index in [1.165, 1.54) is 38.3 Å². The molecule has 1 aliphatic rings. The molecule has 0 spiro atoms. The molecule has 0 amide bonds. The summed E-state index contributed by atoms with van der Waals surface area (Å²) in [6.07, 6.45) is 1.95. The molecular weight excluding hydrogens is 561 g/mol. The number of esters is 1. The first-order chi connectivity index (χ1) is 20.2. The van der Waals surface area contributed by atoms with E-state index in [2.05, 4.69) is 4.90 Å². The molecule has 1 saturated heterocycles. The molecule has 0 saturated carbocycles. The van der Waals surface area contributed by atoms with E-state index in [1.54, 1.807) is 24.3 Å². The lowest BCUT2D eigenvalue weighted by molar-refractivity contribution is -0.150. The molecule has 4 rings (SSSR count). The maximum atomic E-state index is 13.2. The Morgan fingerprint density at radius 1 is 1.00 bits per heavy atom. The number of hydrogen-bond donors (Lipinski definition) is 0. The van der Waals surface area contributed by atoms with Crippen LogP contribution in [0.3, 0.4) is 0 Å². The minimum Gasteiger partial charge on any atom is -0.492 e. The van der Waals surface area contributed by atoms with E-state index in [0.717, 1.165) is 50.0 Å². The Hall–Kier alpha value is -3.47. The van der Waals surface area contributed by atoms with Crippen molar-refractivity contribution in [3.8, 4) is 11.5 Å². The SMILES string of the molecule is COc1c(OCCOS(=O)(=O)c2ccc(C)cc2)cccc1C(OC(C)=O)C1CCN(CCc2ccc(F)cc2)CC1. The van der Waals surface area contributed by atoms with Crippen LogP contribution >= 0.6 is 0 Å². The first-order valence-corrected chi connectivity index (χ1v) is 15.5. The molecule has 0 N–H and O–H groups in total. The van der Waals surface area contributed by atoms with Crippen molar-refractivity contribution < 1.29 is 36.0 Å². The molecule has 3 aromatic carbocycles. The summed E-state index contributed by atoms with van der Waals surface area (Å²) in [6, 6.07) is 18.4. The van der Waals surface area contributed by atoms with Crippen LogP contribution < -0.4 is 9.47 Å². The van der Waals surface area contributed by atoms with Crippen LogP contribution in [0, 0.1) is 18.7 Å². The van der Waals surface area contributed by atoms with Gasteiger partial charge in [0.05, 0.1) is 12.0 Å². The van der Waals surface area contributed by atoms with Gasteiger partial charge in [0.1, 0.15) is 25.1 Å². The molecule has 42 heavy (non-hydrogen) atoms. The summed E-state index contributed by atoms with van der Waals surface area (Å²) in [5.41, 5.74) is 2.74. The molecule has 1 aliphatic heterocycles. The summed E-state index contributed by atoms with van der Waals surface area (Å²) in [5.74, 6) is 0.286. The molecule has 1 fully saturated rings. The Bertz CT molecular complexity index is 1420. The standard InChI is InChI=1S/C32H38FNO7S/c1-23-7-13-28(14-8-23)42(36,37)40-22-21-39-30-6-4-5-29(32(30)38-3)31(41-24(2)35)26-16-19-34(20-17-26)18-15-25-9-11-27(33)12-10-25/h4-14,26,31H,15-22H2,1-3H3. The predicted octanol–water partition coefficient (Wildman–Crippen LogP) is 5.49. The molecule has 1 unspecified atom stereocenters. The van der Waals surface area contributed by atoms with Gasteiger partial charge in [-0.25, -0.2) is 4.39 Å². The number of carbonyl (C=O) groups excluding carboxylic acids is 1. The smallest absolute Gasteiger partial charge is 0.303 e. The Kier molecular flexibility index (Phi) is 11.0. The van der Waals surface area contributed by atoms with Gasteiger partial charge < -0.3 is 19.1 Å². The van der Waals surface area contributed by atoms with Gasteiger partial charge in [-0.15, -0.1) is 0 Å². The Balaban J connectivity index is 1.38. The molecular formula is C32H38FNO7S. The van der Waals surface area contributed by atoms with Gasteiger partial charge in [0, 0.05) is 24.9 Å². The van der Waals surface area contributed by atoms with Crippen molar-refractivity contribution in [3.05, 3.63) is 89.2 Å². The van der Waals surface area contributed by atoms with E-state index >= 15 is 0 Å².